The number of ether oxygens (including phenoxy) is 2. The lowest BCUT2D eigenvalue weighted by Crippen LogP contribution is -2.11. The Hall–Kier alpha value is -1.91. The lowest BCUT2D eigenvalue weighted by atomic mass is 10.2. The summed E-state index contributed by atoms with van der Waals surface area (Å²) in [5.41, 5.74) is 1.98. The van der Waals surface area contributed by atoms with Gasteiger partial charge >= 0.3 is 0 Å². The van der Waals surface area contributed by atoms with Crippen molar-refractivity contribution in [1.82, 2.24) is 0 Å². The molecule has 23 heavy (non-hydrogen) atoms. The molecule has 0 aliphatic heterocycles. The summed E-state index contributed by atoms with van der Waals surface area (Å²) in [6.07, 6.45) is 0. The smallest absolute Gasteiger partial charge is 0.119 e. The SMILES string of the molecule is C=C(COCCOc1ccccc1)CS(=O)c1ccc(C)cc1. The maximum Gasteiger partial charge on any atom is 0.119 e. The van der Waals surface area contributed by atoms with Crippen LogP contribution in [-0.4, -0.2) is 29.8 Å². The van der Waals surface area contributed by atoms with E-state index in [-0.39, 0.29) is 0 Å². The number of hydrogen-bond donors (Lipinski definition) is 0. The number of benzene rings is 2. The van der Waals surface area contributed by atoms with Crippen molar-refractivity contribution >= 4 is 10.8 Å². The van der Waals surface area contributed by atoms with Crippen LogP contribution in [0.15, 0.2) is 71.6 Å². The lowest BCUT2D eigenvalue weighted by molar-refractivity contribution is 0.117. The lowest BCUT2D eigenvalue weighted by Gasteiger charge is -2.09. The van der Waals surface area contributed by atoms with Crippen molar-refractivity contribution in [2.75, 3.05) is 25.6 Å². The van der Waals surface area contributed by atoms with E-state index in [2.05, 4.69) is 6.58 Å². The molecule has 0 fully saturated rings. The molecule has 0 amide bonds. The van der Waals surface area contributed by atoms with Crippen LogP contribution in [0.4, 0.5) is 0 Å². The van der Waals surface area contributed by atoms with Gasteiger partial charge in [0.05, 0.1) is 29.8 Å². The minimum absolute atomic E-state index is 0.399. The van der Waals surface area contributed by atoms with Crippen molar-refractivity contribution in [1.29, 1.82) is 0 Å². The van der Waals surface area contributed by atoms with Crippen LogP contribution in [0.5, 0.6) is 5.75 Å². The summed E-state index contributed by atoms with van der Waals surface area (Å²) < 4.78 is 23.3. The predicted octanol–water partition coefficient (Wildman–Crippen LogP) is 3.75. The van der Waals surface area contributed by atoms with Crippen molar-refractivity contribution in [2.24, 2.45) is 0 Å². The summed E-state index contributed by atoms with van der Waals surface area (Å²) in [6.45, 7) is 7.31. The molecule has 0 aromatic heterocycles. The Kier molecular flexibility index (Phi) is 7.04. The Morgan fingerprint density at radius 2 is 1.74 bits per heavy atom. The Balaban J connectivity index is 1.63. The van der Waals surface area contributed by atoms with Crippen LogP contribution >= 0.6 is 0 Å². The van der Waals surface area contributed by atoms with Crippen molar-refractivity contribution in [3.63, 3.8) is 0 Å². The van der Waals surface area contributed by atoms with E-state index >= 15 is 0 Å². The van der Waals surface area contributed by atoms with Crippen molar-refractivity contribution in [3.05, 3.63) is 72.3 Å². The number of rotatable bonds is 9. The molecular formula is C19H22O3S. The molecule has 3 nitrogen and oxygen atoms in total. The summed E-state index contributed by atoms with van der Waals surface area (Å²) in [5.74, 6) is 1.25. The molecule has 0 aliphatic carbocycles. The molecule has 0 N–H and O–H groups in total. The predicted molar refractivity (Wildman–Crippen MR) is 94.4 cm³/mol. The van der Waals surface area contributed by atoms with E-state index in [9.17, 15) is 4.21 Å². The molecule has 0 saturated heterocycles. The molecule has 0 radical (unpaired) electrons. The Morgan fingerprint density at radius 1 is 1.04 bits per heavy atom. The highest BCUT2D eigenvalue weighted by molar-refractivity contribution is 7.85. The molecule has 1 unspecified atom stereocenters. The first kappa shape index (κ1) is 17.4. The largest absolute Gasteiger partial charge is 0.491 e. The van der Waals surface area contributed by atoms with Crippen LogP contribution in [0.25, 0.3) is 0 Å². The zero-order valence-electron chi connectivity index (χ0n) is 13.4. The summed E-state index contributed by atoms with van der Waals surface area (Å²) in [5, 5.41) is 0. The van der Waals surface area contributed by atoms with Gasteiger partial charge in [0.25, 0.3) is 0 Å². The summed E-state index contributed by atoms with van der Waals surface area (Å²) in [7, 11) is -1.07. The van der Waals surface area contributed by atoms with E-state index in [1.54, 1.807) is 0 Å². The number of aryl methyl sites for hydroxylation is 1. The summed E-state index contributed by atoms with van der Waals surface area (Å²) in [6, 6.07) is 17.3. The normalized spacial score (nSPS) is 11.9. The third-order valence-electron chi connectivity index (χ3n) is 3.16. The fourth-order valence-corrected chi connectivity index (χ4v) is 3.01. The highest BCUT2D eigenvalue weighted by Crippen LogP contribution is 2.11. The van der Waals surface area contributed by atoms with Gasteiger partial charge in [0.1, 0.15) is 12.4 Å². The van der Waals surface area contributed by atoms with Gasteiger partial charge in [-0.05, 0) is 36.8 Å². The average Bonchev–Trinajstić information content (AvgIpc) is 2.56. The Labute approximate surface area is 140 Å². The topological polar surface area (TPSA) is 35.5 Å². The summed E-state index contributed by atoms with van der Waals surface area (Å²) in [4.78, 5) is 0.823. The average molecular weight is 330 g/mol. The Bertz CT molecular complexity index is 635. The van der Waals surface area contributed by atoms with Gasteiger partial charge in [-0.3, -0.25) is 4.21 Å². The van der Waals surface area contributed by atoms with E-state index in [0.717, 1.165) is 21.8 Å². The van der Waals surface area contributed by atoms with Crippen LogP contribution in [0, 0.1) is 6.92 Å². The number of hydrogen-bond acceptors (Lipinski definition) is 3. The van der Waals surface area contributed by atoms with Crippen molar-refractivity contribution in [3.8, 4) is 5.75 Å². The van der Waals surface area contributed by atoms with Crippen LogP contribution in [0.3, 0.4) is 0 Å². The second-order valence-electron chi connectivity index (χ2n) is 5.27. The molecule has 2 aromatic carbocycles. The molecule has 0 bridgehead atoms. The molecule has 0 aliphatic rings. The third-order valence-corrected chi connectivity index (χ3v) is 4.63. The first-order valence-corrected chi connectivity index (χ1v) is 8.84. The van der Waals surface area contributed by atoms with Gasteiger partial charge in [0, 0.05) is 4.90 Å². The van der Waals surface area contributed by atoms with Crippen molar-refractivity contribution < 1.29 is 13.7 Å². The highest BCUT2D eigenvalue weighted by Gasteiger charge is 2.06. The van der Waals surface area contributed by atoms with Gasteiger partial charge in [-0.15, -0.1) is 0 Å². The molecule has 0 heterocycles. The third kappa shape index (κ3) is 6.38. The van der Waals surface area contributed by atoms with Gasteiger partial charge in [-0.1, -0.05) is 42.5 Å². The standard InChI is InChI=1S/C19H22O3S/c1-16-8-10-19(11-9-16)23(20)15-17(2)14-21-12-13-22-18-6-4-3-5-7-18/h3-11H,2,12-15H2,1H3. The molecule has 122 valence electrons. The van der Waals surface area contributed by atoms with Crippen LogP contribution < -0.4 is 4.74 Å². The van der Waals surface area contributed by atoms with Crippen LogP contribution in [0.1, 0.15) is 5.56 Å². The van der Waals surface area contributed by atoms with Crippen molar-refractivity contribution in [2.45, 2.75) is 11.8 Å². The van der Waals surface area contributed by atoms with Gasteiger partial charge in [0.15, 0.2) is 0 Å². The molecular weight excluding hydrogens is 308 g/mol. The van der Waals surface area contributed by atoms with Gasteiger partial charge < -0.3 is 9.47 Å². The number of para-hydroxylation sites is 1. The minimum Gasteiger partial charge on any atom is -0.491 e. The van der Waals surface area contributed by atoms with E-state index in [1.807, 2.05) is 61.5 Å². The van der Waals surface area contributed by atoms with E-state index in [1.165, 1.54) is 0 Å². The first-order valence-electron chi connectivity index (χ1n) is 7.52. The zero-order valence-corrected chi connectivity index (χ0v) is 14.2. The fourth-order valence-electron chi connectivity index (χ4n) is 1.95. The van der Waals surface area contributed by atoms with Gasteiger partial charge in [0.2, 0.25) is 0 Å². The fraction of sp³-hybridized carbons (Fsp3) is 0.263. The van der Waals surface area contributed by atoms with Crippen LogP contribution in [-0.2, 0) is 15.5 Å². The molecule has 2 rings (SSSR count). The molecule has 0 saturated carbocycles. The second kappa shape index (κ2) is 9.28. The molecule has 0 spiro atoms. The highest BCUT2D eigenvalue weighted by atomic mass is 32.2. The maximum absolute atomic E-state index is 12.2. The zero-order chi connectivity index (χ0) is 16.5. The van der Waals surface area contributed by atoms with E-state index in [0.29, 0.717) is 25.6 Å². The second-order valence-corrected chi connectivity index (χ2v) is 6.72. The molecule has 2 aromatic rings. The maximum atomic E-state index is 12.2. The van der Waals surface area contributed by atoms with E-state index in [4.69, 9.17) is 9.47 Å². The van der Waals surface area contributed by atoms with Crippen LogP contribution in [0.2, 0.25) is 0 Å². The monoisotopic (exact) mass is 330 g/mol. The summed E-state index contributed by atoms with van der Waals surface area (Å²) >= 11 is 0. The Morgan fingerprint density at radius 3 is 2.43 bits per heavy atom. The van der Waals surface area contributed by atoms with Gasteiger partial charge in [-0.2, -0.15) is 0 Å². The van der Waals surface area contributed by atoms with E-state index < -0.39 is 10.8 Å². The van der Waals surface area contributed by atoms with Gasteiger partial charge in [-0.25, -0.2) is 0 Å². The molecule has 4 heteroatoms. The minimum atomic E-state index is -1.07. The molecule has 1 atom stereocenters. The first-order chi connectivity index (χ1) is 11.1. The quantitative estimate of drug-likeness (QED) is 0.519.